The zero-order chi connectivity index (χ0) is 24.4. The van der Waals surface area contributed by atoms with Crippen molar-refractivity contribution in [1.82, 2.24) is 14.8 Å². The van der Waals surface area contributed by atoms with Gasteiger partial charge in [-0.3, -0.25) is 9.59 Å². The van der Waals surface area contributed by atoms with E-state index in [1.54, 1.807) is 25.6 Å². The number of ether oxygens (including phenoxy) is 2. The maximum absolute atomic E-state index is 13.4. The zero-order valence-corrected chi connectivity index (χ0v) is 21.1. The number of hydrogen-bond acceptors (Lipinski definition) is 6. The lowest BCUT2D eigenvalue weighted by Gasteiger charge is -2.33. The smallest absolute Gasteiger partial charge is 0.228 e. The maximum Gasteiger partial charge on any atom is 0.228 e. The number of piperidine rings is 1. The van der Waals surface area contributed by atoms with Crippen LogP contribution in [0.5, 0.6) is 11.5 Å². The van der Waals surface area contributed by atoms with Crippen molar-refractivity contribution in [3.8, 4) is 11.5 Å². The maximum atomic E-state index is 13.4. The summed E-state index contributed by atoms with van der Waals surface area (Å²) < 4.78 is 11.9. The molecule has 0 N–H and O–H groups in total. The lowest BCUT2D eigenvalue weighted by molar-refractivity contribution is -0.137. The molecule has 5 rings (SSSR count). The first-order valence-electron chi connectivity index (χ1n) is 12.2. The number of nitrogens with zero attached hydrogens (tertiary/aromatic N) is 3. The van der Waals surface area contributed by atoms with Crippen LogP contribution in [0.2, 0.25) is 0 Å². The van der Waals surface area contributed by atoms with Crippen LogP contribution >= 0.6 is 11.3 Å². The minimum atomic E-state index is -0.262. The molecular formula is C27H31N3O4S. The molecule has 0 saturated carbocycles. The number of aromatic nitrogens is 1. The predicted molar refractivity (Wildman–Crippen MR) is 136 cm³/mol. The molecule has 2 aliphatic heterocycles. The fraction of sp³-hybridized carbons (Fsp3) is 0.444. The number of carbonyl (C=O) groups excluding carboxylic acids is 2. The van der Waals surface area contributed by atoms with Crippen LogP contribution in [0.1, 0.15) is 35.8 Å². The van der Waals surface area contributed by atoms with Crippen LogP contribution in [0, 0.1) is 5.92 Å². The molecule has 3 aromatic rings. The zero-order valence-electron chi connectivity index (χ0n) is 20.2. The molecule has 7 nitrogen and oxygen atoms in total. The Morgan fingerprint density at radius 2 is 1.94 bits per heavy atom. The van der Waals surface area contributed by atoms with Gasteiger partial charge in [0, 0.05) is 38.5 Å². The van der Waals surface area contributed by atoms with Crippen LogP contribution in [0.25, 0.3) is 10.2 Å². The highest BCUT2D eigenvalue weighted by Gasteiger charge is 2.38. The summed E-state index contributed by atoms with van der Waals surface area (Å²) in [6.07, 6.45) is 3.02. The normalized spacial score (nSPS) is 20.5. The minimum Gasteiger partial charge on any atom is -0.493 e. The van der Waals surface area contributed by atoms with Gasteiger partial charge in [0.05, 0.1) is 35.4 Å². The van der Waals surface area contributed by atoms with Crippen LogP contribution in [0.4, 0.5) is 0 Å². The summed E-state index contributed by atoms with van der Waals surface area (Å²) in [5.74, 6) is 1.54. The number of amides is 2. The number of rotatable bonds is 7. The molecule has 0 aliphatic carbocycles. The summed E-state index contributed by atoms with van der Waals surface area (Å²) in [6.45, 7) is 2.53. The van der Waals surface area contributed by atoms with Crippen LogP contribution < -0.4 is 9.47 Å². The molecule has 2 fully saturated rings. The highest BCUT2D eigenvalue weighted by molar-refractivity contribution is 7.18. The first-order valence-corrected chi connectivity index (χ1v) is 13.0. The van der Waals surface area contributed by atoms with Crippen molar-refractivity contribution in [2.75, 3.05) is 40.4 Å². The average molecular weight is 494 g/mol. The van der Waals surface area contributed by atoms with Gasteiger partial charge < -0.3 is 19.3 Å². The second kappa shape index (κ2) is 10.2. The Labute approximate surface area is 209 Å². The van der Waals surface area contributed by atoms with Crippen LogP contribution in [0.15, 0.2) is 42.5 Å². The van der Waals surface area contributed by atoms with Crippen LogP contribution in [0.3, 0.4) is 0 Å². The molecule has 0 radical (unpaired) electrons. The molecule has 35 heavy (non-hydrogen) atoms. The molecule has 0 spiro atoms. The number of likely N-dealkylation sites (tertiary alicyclic amines) is 2. The van der Waals surface area contributed by atoms with Crippen LogP contribution in [-0.4, -0.2) is 67.0 Å². The van der Waals surface area contributed by atoms with E-state index in [0.29, 0.717) is 44.0 Å². The Hall–Kier alpha value is -3.13. The highest BCUT2D eigenvalue weighted by Crippen LogP contribution is 2.34. The Bertz CT molecular complexity index is 1190. The summed E-state index contributed by atoms with van der Waals surface area (Å²) in [5, 5.41) is 1.11. The molecule has 0 bridgehead atoms. The number of fused-ring (bicyclic) bond motifs is 1. The summed E-state index contributed by atoms with van der Waals surface area (Å²) in [6, 6.07) is 14.0. The Balaban J connectivity index is 1.19. The number of methoxy groups -OCH3 is 2. The lowest BCUT2D eigenvalue weighted by Crippen LogP contribution is -2.43. The fourth-order valence-corrected chi connectivity index (χ4v) is 6.25. The largest absolute Gasteiger partial charge is 0.493 e. The van der Waals surface area contributed by atoms with Crippen molar-refractivity contribution < 1.29 is 19.1 Å². The first-order chi connectivity index (χ1) is 17.1. The Morgan fingerprint density at radius 3 is 2.74 bits per heavy atom. The third-order valence-corrected chi connectivity index (χ3v) is 8.27. The van der Waals surface area contributed by atoms with Gasteiger partial charge in [-0.05, 0) is 49.1 Å². The Morgan fingerprint density at radius 1 is 1.11 bits per heavy atom. The van der Waals surface area contributed by atoms with Gasteiger partial charge in [-0.25, -0.2) is 4.98 Å². The number of benzene rings is 2. The van der Waals surface area contributed by atoms with Gasteiger partial charge in [-0.15, -0.1) is 11.3 Å². The molecule has 3 heterocycles. The van der Waals surface area contributed by atoms with E-state index >= 15 is 0 Å². The second-order valence-corrected chi connectivity index (χ2v) is 10.4. The molecule has 2 unspecified atom stereocenters. The van der Waals surface area contributed by atoms with E-state index in [9.17, 15) is 9.59 Å². The molecule has 184 valence electrons. The van der Waals surface area contributed by atoms with Crippen molar-refractivity contribution in [1.29, 1.82) is 0 Å². The fourth-order valence-electron chi connectivity index (χ4n) is 5.16. The minimum absolute atomic E-state index is 0.0589. The van der Waals surface area contributed by atoms with E-state index in [1.165, 1.54) is 4.70 Å². The molecular weight excluding hydrogens is 462 g/mol. The molecule has 2 aromatic carbocycles. The third kappa shape index (κ3) is 4.98. The van der Waals surface area contributed by atoms with Crippen molar-refractivity contribution >= 4 is 33.4 Å². The van der Waals surface area contributed by atoms with E-state index in [-0.39, 0.29) is 23.7 Å². The topological polar surface area (TPSA) is 72.0 Å². The SMILES string of the molecule is COc1ccc(CCN2CC(C(=O)N3CCCC(c4nc5ccccc5s4)C3)CC2=O)cc1OC. The van der Waals surface area contributed by atoms with E-state index in [4.69, 9.17) is 14.5 Å². The third-order valence-electron chi connectivity index (χ3n) is 7.07. The summed E-state index contributed by atoms with van der Waals surface area (Å²) in [7, 11) is 3.23. The molecule has 2 saturated heterocycles. The van der Waals surface area contributed by atoms with E-state index in [1.807, 2.05) is 46.2 Å². The van der Waals surface area contributed by atoms with Gasteiger partial charge >= 0.3 is 0 Å². The number of hydrogen-bond donors (Lipinski definition) is 0. The molecule has 2 aliphatic rings. The van der Waals surface area contributed by atoms with Gasteiger partial charge in [0.15, 0.2) is 11.5 Å². The summed E-state index contributed by atoms with van der Waals surface area (Å²) in [4.78, 5) is 34.7. The van der Waals surface area contributed by atoms with Crippen molar-refractivity contribution in [2.45, 2.75) is 31.6 Å². The monoisotopic (exact) mass is 493 g/mol. The van der Waals surface area contributed by atoms with Crippen molar-refractivity contribution in [2.24, 2.45) is 5.92 Å². The Kier molecular flexibility index (Phi) is 6.90. The number of carbonyl (C=O) groups is 2. The van der Waals surface area contributed by atoms with E-state index in [2.05, 4.69) is 6.07 Å². The summed E-state index contributed by atoms with van der Waals surface area (Å²) >= 11 is 1.73. The average Bonchev–Trinajstić information content (AvgIpc) is 3.50. The molecule has 8 heteroatoms. The van der Waals surface area contributed by atoms with Gasteiger partial charge in [-0.1, -0.05) is 18.2 Å². The molecule has 2 amide bonds. The van der Waals surface area contributed by atoms with Crippen LogP contribution in [-0.2, 0) is 16.0 Å². The van der Waals surface area contributed by atoms with Gasteiger partial charge in [0.1, 0.15) is 0 Å². The second-order valence-electron chi connectivity index (χ2n) is 9.32. The standard InChI is InChI=1S/C27H31N3O4S/c1-33-22-10-9-18(14-23(22)34-2)11-13-29-17-20(15-25(29)31)27(32)30-12-5-6-19(16-30)26-28-21-7-3-4-8-24(21)35-26/h3-4,7-10,14,19-20H,5-6,11-13,15-17H2,1-2H3. The quantitative estimate of drug-likeness (QED) is 0.495. The van der Waals surface area contributed by atoms with Crippen molar-refractivity contribution in [3.05, 3.63) is 53.0 Å². The van der Waals surface area contributed by atoms with E-state index < -0.39 is 0 Å². The summed E-state index contributed by atoms with van der Waals surface area (Å²) in [5.41, 5.74) is 2.10. The molecule has 1 aromatic heterocycles. The van der Waals surface area contributed by atoms with Crippen molar-refractivity contribution in [3.63, 3.8) is 0 Å². The first kappa shape index (κ1) is 23.6. The highest BCUT2D eigenvalue weighted by atomic mass is 32.1. The number of thiazole rings is 1. The van der Waals surface area contributed by atoms with Gasteiger partial charge in [-0.2, -0.15) is 0 Å². The van der Waals surface area contributed by atoms with Gasteiger partial charge in [0.25, 0.3) is 0 Å². The van der Waals surface area contributed by atoms with E-state index in [0.717, 1.165) is 35.5 Å². The number of para-hydroxylation sites is 1. The lowest BCUT2D eigenvalue weighted by atomic mass is 9.96. The molecule has 2 atom stereocenters. The van der Waals surface area contributed by atoms with Gasteiger partial charge in [0.2, 0.25) is 11.8 Å². The predicted octanol–water partition coefficient (Wildman–Crippen LogP) is 4.11.